The first-order chi connectivity index (χ1) is 14.6. The van der Waals surface area contributed by atoms with E-state index in [1.807, 2.05) is 19.1 Å². The Hall–Kier alpha value is -3.20. The molecule has 0 bridgehead atoms. The van der Waals surface area contributed by atoms with Gasteiger partial charge in [-0.25, -0.2) is 4.68 Å². The fourth-order valence-corrected chi connectivity index (χ4v) is 3.67. The van der Waals surface area contributed by atoms with E-state index in [0.29, 0.717) is 5.56 Å². The summed E-state index contributed by atoms with van der Waals surface area (Å²) in [6.07, 6.45) is -4.82. The molecule has 10 heteroatoms. The fourth-order valence-electron chi connectivity index (χ4n) is 3.50. The average molecular weight is 451 g/mol. The zero-order valence-electron chi connectivity index (χ0n) is 16.2. The molecule has 3 N–H and O–H groups in total. The number of alkyl halides is 3. The van der Waals surface area contributed by atoms with E-state index in [1.54, 1.807) is 12.1 Å². The van der Waals surface area contributed by atoms with Crippen molar-refractivity contribution in [3.05, 3.63) is 70.4 Å². The average Bonchev–Trinajstić information content (AvgIpc) is 3.14. The van der Waals surface area contributed by atoms with Crippen molar-refractivity contribution < 1.29 is 23.1 Å². The summed E-state index contributed by atoms with van der Waals surface area (Å²) in [4.78, 5) is 12.6. The third kappa shape index (κ3) is 4.32. The van der Waals surface area contributed by atoms with Crippen molar-refractivity contribution in [1.82, 2.24) is 9.78 Å². The van der Waals surface area contributed by atoms with E-state index in [1.165, 1.54) is 24.3 Å². The lowest BCUT2D eigenvalue weighted by molar-refractivity contribution is -0.173. The van der Waals surface area contributed by atoms with Gasteiger partial charge in [-0.05, 0) is 30.7 Å². The number of carbonyl (C=O) groups excluding carboxylic acids is 1. The molecular formula is C21H18ClF3N4O2. The van der Waals surface area contributed by atoms with Gasteiger partial charge in [0.15, 0.2) is 11.7 Å². The minimum absolute atomic E-state index is 0.0290. The molecule has 2 aromatic carbocycles. The minimum atomic E-state index is -4.55. The van der Waals surface area contributed by atoms with Gasteiger partial charge in [0, 0.05) is 17.5 Å². The summed E-state index contributed by atoms with van der Waals surface area (Å²) in [5, 5.41) is 19.5. The Kier molecular flexibility index (Phi) is 5.30. The monoisotopic (exact) mass is 450 g/mol. The third-order valence-corrected chi connectivity index (χ3v) is 5.34. The molecule has 0 spiro atoms. The van der Waals surface area contributed by atoms with E-state index in [2.05, 4.69) is 15.7 Å². The first kappa shape index (κ1) is 21.0. The number of phenols is 1. The van der Waals surface area contributed by atoms with Crippen molar-refractivity contribution >= 4 is 29.0 Å². The number of fused-ring (bicyclic) bond motifs is 1. The number of nitrogens with zero attached hydrogens (tertiary/aromatic N) is 2. The smallest absolute Gasteiger partial charge is 0.410 e. The number of hydrogen-bond acceptors (Lipinski definition) is 4. The van der Waals surface area contributed by atoms with Gasteiger partial charge in [0.1, 0.15) is 11.6 Å². The molecule has 6 nitrogen and oxygen atoms in total. The molecule has 3 aromatic rings. The van der Waals surface area contributed by atoms with Crippen LogP contribution in [-0.2, 0) is 0 Å². The van der Waals surface area contributed by atoms with Gasteiger partial charge >= 0.3 is 6.18 Å². The molecule has 0 aliphatic carbocycles. The van der Waals surface area contributed by atoms with Gasteiger partial charge in [-0.1, -0.05) is 41.4 Å². The number of anilines is 2. The van der Waals surface area contributed by atoms with Gasteiger partial charge in [-0.15, -0.1) is 0 Å². The lowest BCUT2D eigenvalue weighted by Gasteiger charge is -2.33. The second-order valence-corrected chi connectivity index (χ2v) is 7.81. The summed E-state index contributed by atoms with van der Waals surface area (Å²) in [7, 11) is 0. The van der Waals surface area contributed by atoms with Crippen molar-refractivity contribution in [3.8, 4) is 5.75 Å². The highest BCUT2D eigenvalue weighted by Crippen LogP contribution is 2.43. The highest BCUT2D eigenvalue weighted by atomic mass is 35.5. The van der Waals surface area contributed by atoms with E-state index in [-0.39, 0.29) is 34.4 Å². The van der Waals surface area contributed by atoms with Gasteiger partial charge in [-0.2, -0.15) is 18.3 Å². The van der Waals surface area contributed by atoms with Crippen LogP contribution in [0.4, 0.5) is 24.7 Å². The van der Waals surface area contributed by atoms with E-state index in [9.17, 15) is 23.1 Å². The molecular weight excluding hydrogens is 433 g/mol. The van der Waals surface area contributed by atoms with Gasteiger partial charge in [-0.3, -0.25) is 4.79 Å². The fraction of sp³-hybridized carbons (Fsp3) is 0.238. The van der Waals surface area contributed by atoms with Crippen molar-refractivity contribution in [2.45, 2.75) is 31.6 Å². The molecule has 0 saturated carbocycles. The molecule has 1 aliphatic heterocycles. The van der Waals surface area contributed by atoms with Crippen LogP contribution in [0.3, 0.4) is 0 Å². The maximum Gasteiger partial charge on any atom is 0.410 e. The molecule has 0 radical (unpaired) electrons. The standard InChI is InChI=1S/C21H18ClF3N4O2/c1-11-2-4-12(5-3-11)14-9-18(21(23,24)25)29-19(26-14)10-16(28-29)20(31)27-15-8-13(22)6-7-17(15)30/h2-8,10,14,18,26,30H,9H2,1H3,(H,27,31). The van der Waals surface area contributed by atoms with Crippen LogP contribution in [-0.4, -0.2) is 27.0 Å². The van der Waals surface area contributed by atoms with Crippen LogP contribution < -0.4 is 10.6 Å². The van der Waals surface area contributed by atoms with Crippen LogP contribution in [0.15, 0.2) is 48.5 Å². The number of halogens is 4. The molecule has 1 aromatic heterocycles. The van der Waals surface area contributed by atoms with Crippen molar-refractivity contribution in [3.63, 3.8) is 0 Å². The SMILES string of the molecule is Cc1ccc(C2CC(C(F)(F)F)n3nc(C(=O)Nc4cc(Cl)ccc4O)cc3N2)cc1. The Labute approximate surface area is 180 Å². The molecule has 1 amide bonds. The number of amides is 1. The number of aromatic hydroxyl groups is 1. The predicted molar refractivity (Wildman–Crippen MR) is 111 cm³/mol. The van der Waals surface area contributed by atoms with Crippen LogP contribution >= 0.6 is 11.6 Å². The second kappa shape index (κ2) is 7.81. The summed E-state index contributed by atoms with van der Waals surface area (Å²) < 4.78 is 42.2. The van der Waals surface area contributed by atoms with Crippen LogP contribution in [0.2, 0.25) is 5.02 Å². The number of phenolic OH excluding ortho intramolecular Hbond substituents is 1. The Morgan fingerprint density at radius 3 is 2.61 bits per heavy atom. The number of carbonyl (C=O) groups is 1. The summed E-state index contributed by atoms with van der Waals surface area (Å²) in [5.41, 5.74) is 1.52. The van der Waals surface area contributed by atoms with E-state index in [0.717, 1.165) is 10.2 Å². The minimum Gasteiger partial charge on any atom is -0.506 e. The van der Waals surface area contributed by atoms with Crippen LogP contribution in [0.1, 0.15) is 40.1 Å². The lowest BCUT2D eigenvalue weighted by Crippen LogP contribution is -2.35. The summed E-state index contributed by atoms with van der Waals surface area (Å²) in [5.74, 6) is -0.916. The molecule has 2 heterocycles. The zero-order chi connectivity index (χ0) is 22.3. The molecule has 31 heavy (non-hydrogen) atoms. The second-order valence-electron chi connectivity index (χ2n) is 7.38. The molecule has 0 fully saturated rings. The van der Waals surface area contributed by atoms with E-state index < -0.39 is 24.2 Å². The number of benzene rings is 2. The molecule has 162 valence electrons. The molecule has 2 atom stereocenters. The maximum atomic E-state index is 13.8. The number of aryl methyl sites for hydroxylation is 1. The zero-order valence-corrected chi connectivity index (χ0v) is 17.0. The first-order valence-corrected chi connectivity index (χ1v) is 9.79. The van der Waals surface area contributed by atoms with Crippen molar-refractivity contribution in [1.29, 1.82) is 0 Å². The van der Waals surface area contributed by atoms with Gasteiger partial charge in [0.2, 0.25) is 0 Å². The summed E-state index contributed by atoms with van der Waals surface area (Å²) in [6.45, 7) is 1.90. The van der Waals surface area contributed by atoms with Crippen molar-refractivity contribution in [2.75, 3.05) is 10.6 Å². The van der Waals surface area contributed by atoms with Gasteiger partial charge in [0.25, 0.3) is 5.91 Å². The highest BCUT2D eigenvalue weighted by Gasteiger charge is 2.46. The van der Waals surface area contributed by atoms with E-state index >= 15 is 0 Å². The Morgan fingerprint density at radius 1 is 1.23 bits per heavy atom. The Balaban J connectivity index is 1.65. The molecule has 2 unspecified atom stereocenters. The quantitative estimate of drug-likeness (QED) is 0.463. The highest BCUT2D eigenvalue weighted by molar-refractivity contribution is 6.31. The third-order valence-electron chi connectivity index (χ3n) is 5.11. The summed E-state index contributed by atoms with van der Waals surface area (Å²) >= 11 is 5.86. The Morgan fingerprint density at radius 2 is 1.94 bits per heavy atom. The van der Waals surface area contributed by atoms with Crippen LogP contribution in [0.5, 0.6) is 5.75 Å². The summed E-state index contributed by atoms with van der Waals surface area (Å²) in [6, 6.07) is 10.1. The number of hydrogen-bond donors (Lipinski definition) is 3. The van der Waals surface area contributed by atoms with Gasteiger partial charge in [0.05, 0.1) is 11.7 Å². The maximum absolute atomic E-state index is 13.8. The van der Waals surface area contributed by atoms with Crippen molar-refractivity contribution in [2.24, 2.45) is 0 Å². The molecule has 4 rings (SSSR count). The number of nitrogens with one attached hydrogen (secondary N) is 2. The Bertz CT molecular complexity index is 1130. The van der Waals surface area contributed by atoms with Gasteiger partial charge < -0.3 is 15.7 Å². The predicted octanol–water partition coefficient (Wildman–Crippen LogP) is 5.46. The van der Waals surface area contributed by atoms with Crippen LogP contribution in [0.25, 0.3) is 0 Å². The topological polar surface area (TPSA) is 79.2 Å². The number of rotatable bonds is 3. The normalized spacial score (nSPS) is 18.2. The van der Waals surface area contributed by atoms with Crippen LogP contribution in [0, 0.1) is 6.92 Å². The molecule has 0 saturated heterocycles. The number of aromatic nitrogens is 2. The lowest BCUT2D eigenvalue weighted by atomic mass is 9.96. The molecule has 1 aliphatic rings. The largest absolute Gasteiger partial charge is 0.506 e. The first-order valence-electron chi connectivity index (χ1n) is 9.41. The van der Waals surface area contributed by atoms with E-state index in [4.69, 9.17) is 11.6 Å².